The first-order valence-electron chi connectivity index (χ1n) is 5.78. The van der Waals surface area contributed by atoms with E-state index in [-0.39, 0.29) is 10.7 Å². The van der Waals surface area contributed by atoms with Crippen LogP contribution in [0.4, 0.5) is 10.2 Å². The summed E-state index contributed by atoms with van der Waals surface area (Å²) in [5.74, 6) is -0.426. The Balaban J connectivity index is 2.02. The van der Waals surface area contributed by atoms with Crippen molar-refractivity contribution in [1.29, 1.82) is 0 Å². The van der Waals surface area contributed by atoms with Gasteiger partial charge in [0.1, 0.15) is 5.82 Å². The number of H-pyrrole nitrogens is 1. The van der Waals surface area contributed by atoms with E-state index in [0.717, 1.165) is 6.07 Å². The topological polar surface area (TPSA) is 74.8 Å². The maximum Gasteiger partial charge on any atom is 0.263 e. The first-order valence-corrected chi connectivity index (χ1v) is 7.26. The van der Waals surface area contributed by atoms with Crippen molar-refractivity contribution in [2.24, 2.45) is 0 Å². The maximum atomic E-state index is 13.1. The molecule has 5 nitrogen and oxygen atoms in total. The van der Waals surface area contributed by atoms with E-state index in [1.807, 2.05) is 6.07 Å². The van der Waals surface area contributed by atoms with Crippen LogP contribution in [0.2, 0.25) is 0 Å². The van der Waals surface area contributed by atoms with Gasteiger partial charge in [0, 0.05) is 5.39 Å². The molecule has 2 aromatic carbocycles. The van der Waals surface area contributed by atoms with Crippen molar-refractivity contribution in [3.05, 3.63) is 54.3 Å². The zero-order chi connectivity index (χ0) is 14.2. The molecular weight excluding hydrogens is 281 g/mol. The monoisotopic (exact) mass is 291 g/mol. The Bertz CT molecular complexity index is 874. The molecule has 0 aliphatic rings. The van der Waals surface area contributed by atoms with Crippen LogP contribution in [-0.4, -0.2) is 18.6 Å². The number of hydrogen-bond donors (Lipinski definition) is 2. The van der Waals surface area contributed by atoms with Crippen molar-refractivity contribution >= 4 is 26.7 Å². The van der Waals surface area contributed by atoms with Crippen LogP contribution in [0.1, 0.15) is 0 Å². The normalized spacial score (nSPS) is 11.7. The van der Waals surface area contributed by atoms with Gasteiger partial charge in [-0.2, -0.15) is 5.10 Å². The summed E-state index contributed by atoms with van der Waals surface area (Å²) in [6.07, 6.45) is 0. The highest BCUT2D eigenvalue weighted by atomic mass is 32.2. The number of sulfonamides is 1. The van der Waals surface area contributed by atoms with Gasteiger partial charge in [0.15, 0.2) is 5.82 Å². The van der Waals surface area contributed by atoms with Crippen LogP contribution < -0.4 is 4.72 Å². The third-order valence-corrected chi connectivity index (χ3v) is 4.14. The lowest BCUT2D eigenvalue weighted by molar-refractivity contribution is 0.595. The van der Waals surface area contributed by atoms with Gasteiger partial charge in [-0.15, -0.1) is 0 Å². The Morgan fingerprint density at radius 2 is 1.90 bits per heavy atom. The fourth-order valence-corrected chi connectivity index (χ4v) is 2.92. The van der Waals surface area contributed by atoms with Crippen LogP contribution in [-0.2, 0) is 10.0 Å². The van der Waals surface area contributed by atoms with Crippen LogP contribution in [0.25, 0.3) is 10.9 Å². The molecule has 0 radical (unpaired) electrons. The minimum atomic E-state index is -3.87. The molecule has 3 aromatic rings. The predicted octanol–water partition coefficient (Wildman–Crippen LogP) is 2.50. The highest BCUT2D eigenvalue weighted by molar-refractivity contribution is 7.92. The average Bonchev–Trinajstić information content (AvgIpc) is 2.82. The van der Waals surface area contributed by atoms with Gasteiger partial charge in [0.25, 0.3) is 10.0 Å². The molecule has 0 saturated carbocycles. The summed E-state index contributed by atoms with van der Waals surface area (Å²) in [7, 11) is -3.87. The number of halogens is 1. The van der Waals surface area contributed by atoms with Crippen LogP contribution in [0.5, 0.6) is 0 Å². The van der Waals surface area contributed by atoms with E-state index < -0.39 is 15.8 Å². The molecule has 0 atom stereocenters. The molecule has 102 valence electrons. The summed E-state index contributed by atoms with van der Waals surface area (Å²) < 4.78 is 39.8. The SMILES string of the molecule is O=S(=O)(Nc1n[nH]c2ccccc12)c1cccc(F)c1. The summed E-state index contributed by atoms with van der Waals surface area (Å²) in [5.41, 5.74) is 0.712. The van der Waals surface area contributed by atoms with Crippen molar-refractivity contribution in [2.75, 3.05) is 4.72 Å². The smallest absolute Gasteiger partial charge is 0.263 e. The van der Waals surface area contributed by atoms with E-state index in [1.165, 1.54) is 18.2 Å². The van der Waals surface area contributed by atoms with Gasteiger partial charge in [0.2, 0.25) is 0 Å². The molecule has 0 saturated heterocycles. The molecule has 1 aromatic heterocycles. The summed E-state index contributed by atoms with van der Waals surface area (Å²) in [4.78, 5) is -0.149. The lowest BCUT2D eigenvalue weighted by Crippen LogP contribution is -2.13. The van der Waals surface area contributed by atoms with Crippen molar-refractivity contribution in [1.82, 2.24) is 10.2 Å². The van der Waals surface area contributed by atoms with E-state index >= 15 is 0 Å². The highest BCUT2D eigenvalue weighted by Gasteiger charge is 2.17. The fourth-order valence-electron chi connectivity index (χ4n) is 1.86. The molecule has 0 unspecified atom stereocenters. The molecule has 0 aliphatic carbocycles. The first-order chi connectivity index (χ1) is 9.56. The number of nitrogens with one attached hydrogen (secondary N) is 2. The highest BCUT2D eigenvalue weighted by Crippen LogP contribution is 2.22. The van der Waals surface area contributed by atoms with E-state index in [9.17, 15) is 12.8 Å². The third kappa shape index (κ3) is 2.23. The van der Waals surface area contributed by atoms with Gasteiger partial charge in [0.05, 0.1) is 10.4 Å². The molecule has 3 rings (SSSR count). The van der Waals surface area contributed by atoms with Gasteiger partial charge in [-0.05, 0) is 30.3 Å². The number of fused-ring (bicyclic) bond motifs is 1. The number of para-hydroxylation sites is 1. The zero-order valence-corrected chi connectivity index (χ0v) is 11.0. The largest absolute Gasteiger partial charge is 0.276 e. The predicted molar refractivity (Wildman–Crippen MR) is 73.3 cm³/mol. The molecule has 0 amide bonds. The minimum absolute atomic E-state index is 0.149. The van der Waals surface area contributed by atoms with Crippen molar-refractivity contribution in [2.45, 2.75) is 4.90 Å². The van der Waals surface area contributed by atoms with Crippen LogP contribution >= 0.6 is 0 Å². The quantitative estimate of drug-likeness (QED) is 0.778. The van der Waals surface area contributed by atoms with Crippen molar-refractivity contribution < 1.29 is 12.8 Å². The molecule has 7 heteroatoms. The molecular formula is C13H10FN3O2S. The lowest BCUT2D eigenvalue weighted by Gasteiger charge is -2.05. The Hall–Kier alpha value is -2.41. The summed E-state index contributed by atoms with van der Waals surface area (Å²) in [6, 6.07) is 11.9. The van der Waals surface area contributed by atoms with Crippen LogP contribution in [0, 0.1) is 5.82 Å². The molecule has 0 spiro atoms. The second-order valence-corrected chi connectivity index (χ2v) is 5.86. The Kier molecular flexibility index (Phi) is 2.90. The summed E-state index contributed by atoms with van der Waals surface area (Å²) >= 11 is 0. The Morgan fingerprint density at radius 3 is 2.70 bits per heavy atom. The molecule has 0 aliphatic heterocycles. The molecule has 2 N–H and O–H groups in total. The maximum absolute atomic E-state index is 13.1. The molecule has 0 bridgehead atoms. The molecule has 0 fully saturated rings. The second-order valence-electron chi connectivity index (χ2n) is 4.18. The van der Waals surface area contributed by atoms with Gasteiger partial charge < -0.3 is 0 Å². The Morgan fingerprint density at radius 1 is 1.10 bits per heavy atom. The number of benzene rings is 2. The number of aromatic nitrogens is 2. The van der Waals surface area contributed by atoms with Gasteiger partial charge in [-0.3, -0.25) is 9.82 Å². The van der Waals surface area contributed by atoms with Crippen molar-refractivity contribution in [3.63, 3.8) is 0 Å². The number of anilines is 1. The van der Waals surface area contributed by atoms with E-state index in [1.54, 1.807) is 18.2 Å². The lowest BCUT2D eigenvalue weighted by atomic mass is 10.2. The first kappa shape index (κ1) is 12.6. The Labute approximate surface area is 114 Å². The van der Waals surface area contributed by atoms with Gasteiger partial charge >= 0.3 is 0 Å². The van der Waals surface area contributed by atoms with E-state index in [4.69, 9.17) is 0 Å². The van der Waals surface area contributed by atoms with Crippen molar-refractivity contribution in [3.8, 4) is 0 Å². The van der Waals surface area contributed by atoms with Crippen LogP contribution in [0.3, 0.4) is 0 Å². The number of rotatable bonds is 3. The van der Waals surface area contributed by atoms with E-state index in [2.05, 4.69) is 14.9 Å². The molecule has 20 heavy (non-hydrogen) atoms. The van der Waals surface area contributed by atoms with Gasteiger partial charge in [-0.25, -0.2) is 12.8 Å². The summed E-state index contributed by atoms with van der Waals surface area (Å²) in [6.45, 7) is 0. The standard InChI is InChI=1S/C13H10FN3O2S/c14-9-4-3-5-10(8-9)20(18,19)17-13-11-6-1-2-7-12(11)15-16-13/h1-8H,(H2,15,16,17). The third-order valence-electron chi connectivity index (χ3n) is 2.81. The fraction of sp³-hybridized carbons (Fsp3) is 0. The minimum Gasteiger partial charge on any atom is -0.276 e. The van der Waals surface area contributed by atoms with Gasteiger partial charge in [-0.1, -0.05) is 18.2 Å². The number of nitrogens with zero attached hydrogens (tertiary/aromatic N) is 1. The average molecular weight is 291 g/mol. The number of aromatic amines is 1. The van der Waals surface area contributed by atoms with Crippen LogP contribution in [0.15, 0.2) is 53.4 Å². The second kappa shape index (κ2) is 4.61. The molecule has 1 heterocycles. The summed E-state index contributed by atoms with van der Waals surface area (Å²) in [5, 5.41) is 7.29. The number of hydrogen-bond acceptors (Lipinski definition) is 3. The zero-order valence-electron chi connectivity index (χ0n) is 10.2. The van der Waals surface area contributed by atoms with E-state index in [0.29, 0.717) is 10.9 Å².